The van der Waals surface area contributed by atoms with Crippen LogP contribution in [0, 0.1) is 0 Å². The number of sulfonamides is 2. The first-order valence-electron chi connectivity index (χ1n) is 9.57. The molecule has 0 heterocycles. The Labute approximate surface area is 196 Å². The molecule has 0 bridgehead atoms. The molecule has 0 saturated heterocycles. The van der Waals surface area contributed by atoms with Gasteiger partial charge in [0.1, 0.15) is 12.4 Å². The number of ether oxygens (including phenoxy) is 1. The average Bonchev–Trinajstić information content (AvgIpc) is 2.86. The van der Waals surface area contributed by atoms with Gasteiger partial charge in [-0.2, -0.15) is 3.71 Å². The Hall–Kier alpha value is -1.28. The first-order chi connectivity index (χ1) is 13.6. The van der Waals surface area contributed by atoms with Crippen LogP contribution in [0.5, 0.6) is 5.75 Å². The summed E-state index contributed by atoms with van der Waals surface area (Å²) in [5, 5.41) is 3.26. The molecule has 0 aliphatic heterocycles. The molecule has 0 aromatic heterocycles. The van der Waals surface area contributed by atoms with Crippen LogP contribution < -0.4 is 19.5 Å². The lowest BCUT2D eigenvalue weighted by atomic mass is 10.1. The Bertz CT molecular complexity index is 865. The molecule has 2 rings (SSSR count). The Kier molecular flexibility index (Phi) is 10.6. The van der Waals surface area contributed by atoms with Crippen LogP contribution in [0.2, 0.25) is 0 Å². The number of nitrogens with two attached hydrogens (primary N) is 1. The van der Waals surface area contributed by atoms with E-state index in [4.69, 9.17) is 10.5 Å². The molecule has 0 spiro atoms. The van der Waals surface area contributed by atoms with E-state index in [0.29, 0.717) is 28.0 Å². The van der Waals surface area contributed by atoms with Crippen molar-refractivity contribution in [1.29, 1.82) is 0 Å². The van der Waals surface area contributed by atoms with Gasteiger partial charge >= 0.3 is 0 Å². The Morgan fingerprint density at radius 1 is 1.07 bits per heavy atom. The quantitative estimate of drug-likeness (QED) is 0.160. The van der Waals surface area contributed by atoms with Crippen LogP contribution in [0.3, 0.4) is 0 Å². The number of halogens is 1. The fraction of sp³-hybridized carbons (Fsp3) is 0.611. The van der Waals surface area contributed by atoms with Crippen molar-refractivity contribution < 1.29 is 21.6 Å². The number of anilines is 1. The molecule has 1 aliphatic carbocycles. The zero-order valence-electron chi connectivity index (χ0n) is 17.3. The van der Waals surface area contributed by atoms with Crippen LogP contribution in [0.1, 0.15) is 38.5 Å². The average molecular weight is 575 g/mol. The molecular weight excluding hydrogens is 543 g/mol. The van der Waals surface area contributed by atoms with E-state index in [0.717, 1.165) is 25.4 Å². The summed E-state index contributed by atoms with van der Waals surface area (Å²) in [5.41, 5.74) is 5.96. The van der Waals surface area contributed by atoms with Crippen LogP contribution in [0.4, 0.5) is 5.69 Å². The van der Waals surface area contributed by atoms with Gasteiger partial charge in [0.2, 0.25) is 20.0 Å². The highest BCUT2D eigenvalue weighted by molar-refractivity contribution is 14.0. The van der Waals surface area contributed by atoms with Gasteiger partial charge in [0.15, 0.2) is 5.96 Å². The monoisotopic (exact) mass is 574 g/mol. The second kappa shape index (κ2) is 11.9. The summed E-state index contributed by atoms with van der Waals surface area (Å²) in [6.45, 7) is 0.653. The van der Waals surface area contributed by atoms with E-state index in [-0.39, 0.29) is 36.3 Å². The smallest absolute Gasteiger partial charge is 0.245 e. The molecule has 1 aromatic carbocycles. The molecule has 3 N–H and O–H groups in total. The number of benzene rings is 1. The highest BCUT2D eigenvalue weighted by Crippen LogP contribution is 2.24. The summed E-state index contributed by atoms with van der Waals surface area (Å²) in [7, 11) is -7.94. The summed E-state index contributed by atoms with van der Waals surface area (Å²) < 4.78 is 53.1. The van der Waals surface area contributed by atoms with Gasteiger partial charge in [0, 0.05) is 6.04 Å². The minimum Gasteiger partial charge on any atom is -0.492 e. The van der Waals surface area contributed by atoms with Crippen LogP contribution in [-0.4, -0.2) is 54.5 Å². The summed E-state index contributed by atoms with van der Waals surface area (Å²) in [4.78, 5) is 4.27. The fourth-order valence-corrected chi connectivity index (χ4v) is 6.28. The van der Waals surface area contributed by atoms with Gasteiger partial charge < -0.3 is 15.8 Å². The molecule has 12 heteroatoms. The van der Waals surface area contributed by atoms with Crippen molar-refractivity contribution in [1.82, 2.24) is 5.32 Å². The molecule has 1 saturated carbocycles. The highest BCUT2D eigenvalue weighted by atomic mass is 127. The molecule has 9 nitrogen and oxygen atoms in total. The minimum atomic E-state index is -3.97. The second-order valence-electron chi connectivity index (χ2n) is 7.17. The van der Waals surface area contributed by atoms with E-state index < -0.39 is 20.0 Å². The van der Waals surface area contributed by atoms with E-state index in [1.165, 1.54) is 49.9 Å². The predicted octanol–water partition coefficient (Wildman–Crippen LogP) is 2.04. The molecule has 0 radical (unpaired) electrons. The third kappa shape index (κ3) is 8.84. The third-order valence-corrected chi connectivity index (χ3v) is 7.75. The molecule has 0 unspecified atom stereocenters. The second-order valence-corrected chi connectivity index (χ2v) is 11.1. The van der Waals surface area contributed by atoms with Gasteiger partial charge in [-0.3, -0.25) is 0 Å². The fourth-order valence-electron chi connectivity index (χ4n) is 3.30. The molecule has 0 atom stereocenters. The zero-order valence-corrected chi connectivity index (χ0v) is 21.2. The van der Waals surface area contributed by atoms with E-state index >= 15 is 0 Å². The molecular formula is C18H31IN4O5S2. The highest BCUT2D eigenvalue weighted by Gasteiger charge is 2.27. The number of guanidine groups is 1. The van der Waals surface area contributed by atoms with Crippen molar-refractivity contribution >= 4 is 55.7 Å². The minimum absolute atomic E-state index is 0. The third-order valence-electron chi connectivity index (χ3n) is 4.50. The predicted molar refractivity (Wildman–Crippen MR) is 131 cm³/mol. The number of rotatable bonds is 8. The van der Waals surface area contributed by atoms with Crippen LogP contribution in [0.25, 0.3) is 0 Å². The van der Waals surface area contributed by atoms with Crippen LogP contribution in [-0.2, 0) is 20.0 Å². The topological polar surface area (TPSA) is 131 Å². The van der Waals surface area contributed by atoms with Crippen molar-refractivity contribution in [2.75, 3.05) is 29.4 Å². The molecule has 30 heavy (non-hydrogen) atoms. The van der Waals surface area contributed by atoms with Gasteiger partial charge in [-0.15, -0.1) is 24.0 Å². The summed E-state index contributed by atoms with van der Waals surface area (Å²) >= 11 is 0. The van der Waals surface area contributed by atoms with Gasteiger partial charge in [-0.1, -0.05) is 25.7 Å². The Morgan fingerprint density at radius 2 is 1.60 bits per heavy atom. The van der Waals surface area contributed by atoms with E-state index in [1.807, 2.05) is 0 Å². The Balaban J connectivity index is 0.00000450. The number of hydrogen-bond donors (Lipinski definition) is 2. The molecule has 172 valence electrons. The molecule has 1 fully saturated rings. The lowest BCUT2D eigenvalue weighted by molar-refractivity contribution is 0.328. The van der Waals surface area contributed by atoms with E-state index in [2.05, 4.69) is 10.3 Å². The molecule has 0 amide bonds. The van der Waals surface area contributed by atoms with Gasteiger partial charge in [0.05, 0.1) is 24.7 Å². The van der Waals surface area contributed by atoms with Gasteiger partial charge in [0.25, 0.3) is 0 Å². The largest absolute Gasteiger partial charge is 0.492 e. The number of hydrogen-bond acceptors (Lipinski definition) is 6. The van der Waals surface area contributed by atoms with E-state index in [1.54, 1.807) is 0 Å². The zero-order chi connectivity index (χ0) is 21.5. The molecule has 1 aromatic rings. The Morgan fingerprint density at radius 3 is 2.10 bits per heavy atom. The summed E-state index contributed by atoms with van der Waals surface area (Å²) in [5.74, 6) is 0.883. The lowest BCUT2D eigenvalue weighted by Crippen LogP contribution is -2.40. The standard InChI is InChI=1S/C18H30N4O5S2.HI/c1-28(23,24)22(29(2,25)26)16-9-11-17(12-10-16)27-14-13-20-18(19)21-15-7-5-3-4-6-8-15;/h9-12,15H,3-8,13-14H2,1-2H3,(H3,19,20,21);1H. The van der Waals surface area contributed by atoms with Crippen LogP contribution in [0.15, 0.2) is 29.3 Å². The SMILES string of the molecule is CS(=O)(=O)N(c1ccc(OCCN=C(N)NC2CCCCCC2)cc1)S(C)(=O)=O.I. The number of nitrogens with zero attached hydrogens (tertiary/aromatic N) is 2. The summed E-state index contributed by atoms with van der Waals surface area (Å²) in [6, 6.07) is 6.15. The molecule has 1 aliphatic rings. The maximum absolute atomic E-state index is 11.8. The van der Waals surface area contributed by atoms with E-state index in [9.17, 15) is 16.8 Å². The van der Waals surface area contributed by atoms with Crippen molar-refractivity contribution in [2.24, 2.45) is 10.7 Å². The number of aliphatic imine (C=N–C) groups is 1. The van der Waals surface area contributed by atoms with Gasteiger partial charge in [-0.05, 0) is 37.1 Å². The maximum Gasteiger partial charge on any atom is 0.245 e. The van der Waals surface area contributed by atoms with Crippen molar-refractivity contribution in [3.8, 4) is 5.75 Å². The van der Waals surface area contributed by atoms with Crippen LogP contribution >= 0.6 is 24.0 Å². The maximum atomic E-state index is 11.8. The van der Waals surface area contributed by atoms with Crippen molar-refractivity contribution in [2.45, 2.75) is 44.6 Å². The number of nitrogens with one attached hydrogen (secondary N) is 1. The normalized spacial score (nSPS) is 16.3. The van der Waals surface area contributed by atoms with Crippen molar-refractivity contribution in [3.63, 3.8) is 0 Å². The summed E-state index contributed by atoms with van der Waals surface area (Å²) in [6.07, 6.45) is 8.85. The van der Waals surface area contributed by atoms with Crippen molar-refractivity contribution in [3.05, 3.63) is 24.3 Å². The van der Waals surface area contributed by atoms with Gasteiger partial charge in [-0.25, -0.2) is 21.8 Å². The lowest BCUT2D eigenvalue weighted by Gasteiger charge is -2.19. The first kappa shape index (κ1) is 26.8. The first-order valence-corrected chi connectivity index (χ1v) is 13.3.